The van der Waals surface area contributed by atoms with Gasteiger partial charge in [-0.1, -0.05) is 158 Å². The lowest BCUT2D eigenvalue weighted by molar-refractivity contribution is 0.590. The number of hydrogen-bond acceptors (Lipinski definition) is 2. The maximum Gasteiger partial charge on any atom is 0.0887 e. The van der Waals surface area contributed by atoms with Crippen molar-refractivity contribution in [3.05, 3.63) is 197 Å². The number of nitrogens with zero attached hydrogens (tertiary/aromatic N) is 2. The van der Waals surface area contributed by atoms with E-state index in [1.807, 2.05) is 0 Å². The molecule has 0 spiro atoms. The summed E-state index contributed by atoms with van der Waals surface area (Å²) in [6.07, 6.45) is 7.04. The minimum Gasteiger partial charge on any atom is -0.309 e. The first kappa shape index (κ1) is 43.9. The number of benzene rings is 7. The lowest BCUT2D eigenvalue weighted by Gasteiger charge is -2.34. The highest BCUT2D eigenvalue weighted by Gasteiger charge is 2.29. The van der Waals surface area contributed by atoms with Crippen LogP contribution in [0.3, 0.4) is 0 Å². The number of halogens is 1. The molecule has 0 fully saturated rings. The molecule has 0 aromatic heterocycles. The van der Waals surface area contributed by atoms with Crippen molar-refractivity contribution in [2.24, 2.45) is 0 Å². The van der Waals surface area contributed by atoms with Gasteiger partial charge in [0.15, 0.2) is 0 Å². The predicted octanol–water partition coefficient (Wildman–Crippen LogP) is 17.2. The zero-order valence-electron chi connectivity index (χ0n) is 38.3. The largest absolute Gasteiger partial charge is 0.309 e. The summed E-state index contributed by atoms with van der Waals surface area (Å²) in [6.45, 7) is 20.4. The molecule has 7 aromatic rings. The Kier molecular flexibility index (Phi) is 12.2. The van der Waals surface area contributed by atoms with Crippen LogP contribution in [0.2, 0.25) is 5.02 Å². The second-order valence-corrected chi connectivity index (χ2v) is 24.3. The van der Waals surface area contributed by atoms with Crippen LogP contribution in [0.15, 0.2) is 169 Å². The average Bonchev–Trinajstić information content (AvgIpc) is 3.23. The molecule has 0 radical (unpaired) electrons. The van der Waals surface area contributed by atoms with E-state index in [1.165, 1.54) is 27.1 Å². The molecule has 0 saturated heterocycles. The SMILES string of the molecule is Cc1cc(N(c2ccc(C(C)(C)C)cc2)c2ccc(C(C)(C)C)cc2)c(Cl)c(N(c2ccc(S(C)(C)C)cc2)c2ccc(C(C)(C)c3ccccc3)cc2-c2ccccc2)c1. The predicted molar refractivity (Wildman–Crippen MR) is 271 cm³/mol. The van der Waals surface area contributed by atoms with Crippen LogP contribution >= 0.6 is 21.6 Å². The van der Waals surface area contributed by atoms with Gasteiger partial charge in [0.25, 0.3) is 0 Å². The quantitative estimate of drug-likeness (QED) is 0.135. The van der Waals surface area contributed by atoms with E-state index >= 15 is 0 Å². The van der Waals surface area contributed by atoms with Gasteiger partial charge in [-0.2, -0.15) is 0 Å². The van der Waals surface area contributed by atoms with E-state index in [2.05, 4.69) is 255 Å². The fourth-order valence-electron chi connectivity index (χ4n) is 8.11. The zero-order chi connectivity index (χ0) is 43.9. The fraction of sp³-hybridized carbons (Fsp3) is 0.263. The molecule has 61 heavy (non-hydrogen) atoms. The molecule has 0 aliphatic carbocycles. The minimum absolute atomic E-state index is 0.0265. The minimum atomic E-state index is -0.944. The molecule has 0 heterocycles. The van der Waals surface area contributed by atoms with E-state index in [9.17, 15) is 0 Å². The lowest BCUT2D eigenvalue weighted by Crippen LogP contribution is -2.20. The van der Waals surface area contributed by atoms with Crippen molar-refractivity contribution in [1.29, 1.82) is 0 Å². The number of aryl methyl sites for hydroxylation is 1. The highest BCUT2D eigenvalue weighted by molar-refractivity contribution is 8.32. The molecule has 314 valence electrons. The van der Waals surface area contributed by atoms with Gasteiger partial charge >= 0.3 is 0 Å². The third-order valence-corrected chi connectivity index (χ3v) is 14.1. The topological polar surface area (TPSA) is 6.48 Å². The lowest BCUT2D eigenvalue weighted by atomic mass is 9.77. The van der Waals surface area contributed by atoms with E-state index in [4.69, 9.17) is 11.6 Å². The molecule has 7 rings (SSSR count). The maximum atomic E-state index is 7.98. The average molecular weight is 844 g/mol. The van der Waals surface area contributed by atoms with E-state index in [0.717, 1.165) is 50.8 Å². The van der Waals surface area contributed by atoms with E-state index in [0.29, 0.717) is 5.02 Å². The van der Waals surface area contributed by atoms with Crippen LogP contribution in [0, 0.1) is 6.92 Å². The van der Waals surface area contributed by atoms with Gasteiger partial charge in [-0.25, -0.2) is 10.0 Å². The monoisotopic (exact) mass is 842 g/mol. The van der Waals surface area contributed by atoms with Gasteiger partial charge in [-0.15, -0.1) is 0 Å². The normalized spacial score (nSPS) is 12.6. The van der Waals surface area contributed by atoms with Crippen molar-refractivity contribution in [2.75, 3.05) is 28.6 Å². The summed E-state index contributed by atoms with van der Waals surface area (Å²) in [7, 11) is -0.944. The summed E-state index contributed by atoms with van der Waals surface area (Å²) in [4.78, 5) is 6.07. The smallest absolute Gasteiger partial charge is 0.0887 e. The molecule has 0 aliphatic heterocycles. The van der Waals surface area contributed by atoms with Crippen LogP contribution in [-0.2, 0) is 16.2 Å². The molecule has 0 unspecified atom stereocenters. The first-order valence-corrected chi connectivity index (χ1v) is 24.6. The van der Waals surface area contributed by atoms with Crippen molar-refractivity contribution in [2.45, 2.75) is 83.5 Å². The Morgan fingerprint density at radius 1 is 0.426 bits per heavy atom. The molecule has 0 amide bonds. The van der Waals surface area contributed by atoms with Gasteiger partial charge in [0.2, 0.25) is 0 Å². The van der Waals surface area contributed by atoms with Crippen molar-refractivity contribution >= 4 is 55.8 Å². The Hall–Kier alpha value is -5.22. The molecule has 0 saturated carbocycles. The highest BCUT2D eigenvalue weighted by Crippen LogP contribution is 2.52. The molecule has 4 heteroatoms. The van der Waals surface area contributed by atoms with Gasteiger partial charge in [0.1, 0.15) is 0 Å². The molecule has 7 aromatic carbocycles. The Morgan fingerprint density at radius 2 is 0.852 bits per heavy atom. The molecular formula is C57H63ClN2S. The molecule has 0 aliphatic rings. The Labute approximate surface area is 373 Å². The Bertz CT molecular complexity index is 2530. The second-order valence-electron chi connectivity index (χ2n) is 19.8. The van der Waals surface area contributed by atoms with Gasteiger partial charge < -0.3 is 9.80 Å². The summed E-state index contributed by atoms with van der Waals surface area (Å²) in [5, 5.41) is 0.670. The van der Waals surface area contributed by atoms with Crippen molar-refractivity contribution in [1.82, 2.24) is 0 Å². The van der Waals surface area contributed by atoms with Crippen LogP contribution in [0.1, 0.15) is 83.2 Å². The van der Waals surface area contributed by atoms with Crippen LogP contribution in [0.25, 0.3) is 11.1 Å². The maximum absolute atomic E-state index is 7.98. The van der Waals surface area contributed by atoms with Gasteiger partial charge in [0.05, 0.1) is 22.1 Å². The van der Waals surface area contributed by atoms with Crippen molar-refractivity contribution in [3.8, 4) is 11.1 Å². The van der Waals surface area contributed by atoms with Crippen molar-refractivity contribution < 1.29 is 0 Å². The van der Waals surface area contributed by atoms with Crippen LogP contribution in [0.5, 0.6) is 0 Å². The van der Waals surface area contributed by atoms with Crippen molar-refractivity contribution in [3.63, 3.8) is 0 Å². The summed E-state index contributed by atoms with van der Waals surface area (Å²) < 4.78 is 0. The van der Waals surface area contributed by atoms with E-state index in [-0.39, 0.29) is 16.2 Å². The van der Waals surface area contributed by atoms with Gasteiger partial charge in [0, 0.05) is 28.0 Å². The summed E-state index contributed by atoms with van der Waals surface area (Å²) in [5.41, 5.74) is 14.4. The van der Waals surface area contributed by atoms with Gasteiger partial charge in [-0.05, 0) is 148 Å². The summed E-state index contributed by atoms with van der Waals surface area (Å²) >= 11 is 7.98. The summed E-state index contributed by atoms with van der Waals surface area (Å²) in [5.74, 6) is 0. The number of rotatable bonds is 10. The fourth-order valence-corrected chi connectivity index (χ4v) is 9.34. The van der Waals surface area contributed by atoms with E-state index < -0.39 is 10.0 Å². The molecular weight excluding hydrogens is 780 g/mol. The van der Waals surface area contributed by atoms with E-state index in [1.54, 1.807) is 0 Å². The Morgan fingerprint density at radius 3 is 1.33 bits per heavy atom. The first-order valence-electron chi connectivity index (χ1n) is 21.4. The molecule has 0 N–H and O–H groups in total. The first-order chi connectivity index (χ1) is 28.7. The molecule has 0 atom stereocenters. The Balaban J connectivity index is 1.50. The van der Waals surface area contributed by atoms with Gasteiger partial charge in [-0.3, -0.25) is 0 Å². The second kappa shape index (κ2) is 16.9. The standard InChI is InChI=1S/C57H63ClN2S/c1-40-37-52(59(46-28-23-42(24-29-46)55(2,3)4)47-30-25-43(26-31-47)56(5,6)7)54(58)53(38-40)60(48-32-34-49(35-33-48)61(10,11)12)51-36-27-45(39-50(51)41-19-15-13-16-20-41)57(8,9)44-21-17-14-18-22-44/h13-39H,1-12H3. The van der Waals surface area contributed by atoms with Crippen LogP contribution < -0.4 is 9.80 Å². The third kappa shape index (κ3) is 9.35. The molecule has 0 bridgehead atoms. The number of hydrogen-bond donors (Lipinski definition) is 0. The summed E-state index contributed by atoms with van der Waals surface area (Å²) in [6, 6.07) is 60.2. The third-order valence-electron chi connectivity index (χ3n) is 12.0. The zero-order valence-corrected chi connectivity index (χ0v) is 39.8. The van der Waals surface area contributed by atoms with Crippen LogP contribution in [-0.4, -0.2) is 18.8 Å². The van der Waals surface area contributed by atoms with Crippen LogP contribution in [0.4, 0.5) is 34.1 Å². The highest BCUT2D eigenvalue weighted by atomic mass is 35.5. The molecule has 2 nitrogen and oxygen atoms in total. The number of anilines is 6.